The average molecular weight is 238 g/mol. The molecule has 0 bridgehead atoms. The maximum absolute atomic E-state index is 11.5. The van der Waals surface area contributed by atoms with Crippen LogP contribution in [0.3, 0.4) is 0 Å². The first-order valence-electron chi connectivity index (χ1n) is 6.14. The molecule has 2 aliphatic rings. The van der Waals surface area contributed by atoms with Crippen molar-refractivity contribution in [3.05, 3.63) is 12.2 Å². The summed E-state index contributed by atoms with van der Waals surface area (Å²) in [4.78, 5) is 23.0. The smallest absolute Gasteiger partial charge is 0.334 e. The number of ether oxygens (including phenoxy) is 2. The lowest BCUT2D eigenvalue weighted by Crippen LogP contribution is -2.34. The third kappa shape index (κ3) is 2.21. The molecule has 1 spiro atoms. The molecule has 1 saturated heterocycles. The maximum atomic E-state index is 11.5. The standard InChI is InChI=1S/C13H18O4/c1-3-16-11(14)7-10-5-4-6-13(10)8-9(2)12(15)17-13/h10H,2-8H2,1H3. The first-order chi connectivity index (χ1) is 8.07. The molecule has 2 rings (SSSR count). The van der Waals surface area contributed by atoms with Crippen molar-refractivity contribution in [2.45, 2.75) is 44.6 Å². The van der Waals surface area contributed by atoms with Gasteiger partial charge in [-0.2, -0.15) is 0 Å². The molecule has 2 unspecified atom stereocenters. The summed E-state index contributed by atoms with van der Waals surface area (Å²) in [5, 5.41) is 0. The monoisotopic (exact) mass is 238 g/mol. The molecule has 4 nitrogen and oxygen atoms in total. The van der Waals surface area contributed by atoms with E-state index in [2.05, 4.69) is 6.58 Å². The van der Waals surface area contributed by atoms with Crippen molar-refractivity contribution < 1.29 is 19.1 Å². The highest BCUT2D eigenvalue weighted by atomic mass is 16.6. The third-order valence-corrected chi connectivity index (χ3v) is 3.71. The maximum Gasteiger partial charge on any atom is 0.334 e. The molecule has 4 heteroatoms. The van der Waals surface area contributed by atoms with E-state index in [1.54, 1.807) is 6.92 Å². The molecule has 1 aliphatic heterocycles. The van der Waals surface area contributed by atoms with E-state index in [1.807, 2.05) is 0 Å². The van der Waals surface area contributed by atoms with Crippen LogP contribution in [0.1, 0.15) is 39.0 Å². The van der Waals surface area contributed by atoms with E-state index in [1.165, 1.54) is 0 Å². The summed E-state index contributed by atoms with van der Waals surface area (Å²) in [5.74, 6) is -0.419. The first kappa shape index (κ1) is 12.1. The summed E-state index contributed by atoms with van der Waals surface area (Å²) in [5.41, 5.74) is 0.0572. The summed E-state index contributed by atoms with van der Waals surface area (Å²) < 4.78 is 10.4. The molecule has 0 aromatic carbocycles. The molecule has 2 fully saturated rings. The summed E-state index contributed by atoms with van der Waals surface area (Å²) in [6.45, 7) is 5.90. The van der Waals surface area contributed by atoms with Gasteiger partial charge >= 0.3 is 11.9 Å². The molecule has 0 aromatic heterocycles. The fourth-order valence-corrected chi connectivity index (χ4v) is 2.92. The summed E-state index contributed by atoms with van der Waals surface area (Å²) in [7, 11) is 0. The Hall–Kier alpha value is -1.32. The molecule has 0 amide bonds. The summed E-state index contributed by atoms with van der Waals surface area (Å²) in [6.07, 6.45) is 3.65. The molecule has 0 aromatic rings. The highest BCUT2D eigenvalue weighted by molar-refractivity contribution is 5.90. The molecule has 0 N–H and O–H groups in total. The average Bonchev–Trinajstić information content (AvgIpc) is 2.74. The van der Waals surface area contributed by atoms with Crippen LogP contribution in [0.4, 0.5) is 0 Å². The zero-order chi connectivity index (χ0) is 12.5. The van der Waals surface area contributed by atoms with Crippen LogP contribution in [0.25, 0.3) is 0 Å². The first-order valence-corrected chi connectivity index (χ1v) is 6.14. The van der Waals surface area contributed by atoms with Crippen molar-refractivity contribution in [1.82, 2.24) is 0 Å². The Kier molecular flexibility index (Phi) is 3.22. The van der Waals surface area contributed by atoms with Crippen molar-refractivity contribution >= 4 is 11.9 Å². The minimum absolute atomic E-state index is 0.0877. The number of rotatable bonds is 3. The van der Waals surface area contributed by atoms with E-state index >= 15 is 0 Å². The van der Waals surface area contributed by atoms with Gasteiger partial charge in [0, 0.05) is 17.9 Å². The topological polar surface area (TPSA) is 52.6 Å². The van der Waals surface area contributed by atoms with Crippen LogP contribution < -0.4 is 0 Å². The van der Waals surface area contributed by atoms with Crippen molar-refractivity contribution in [3.63, 3.8) is 0 Å². The molecule has 17 heavy (non-hydrogen) atoms. The predicted octanol–water partition coefficient (Wildman–Crippen LogP) is 1.98. The van der Waals surface area contributed by atoms with E-state index in [0.29, 0.717) is 25.0 Å². The lowest BCUT2D eigenvalue weighted by atomic mass is 9.85. The highest BCUT2D eigenvalue weighted by Crippen LogP contribution is 2.48. The molecule has 0 radical (unpaired) electrons. The Morgan fingerprint density at radius 2 is 2.41 bits per heavy atom. The second-order valence-electron chi connectivity index (χ2n) is 4.83. The van der Waals surface area contributed by atoms with Gasteiger partial charge in [0.15, 0.2) is 0 Å². The van der Waals surface area contributed by atoms with Gasteiger partial charge in [-0.1, -0.05) is 6.58 Å². The van der Waals surface area contributed by atoms with Gasteiger partial charge in [0.1, 0.15) is 5.60 Å². The second kappa shape index (κ2) is 4.51. The largest absolute Gasteiger partial charge is 0.466 e. The van der Waals surface area contributed by atoms with Crippen molar-refractivity contribution in [2.75, 3.05) is 6.61 Å². The molecule has 1 aliphatic carbocycles. The fraction of sp³-hybridized carbons (Fsp3) is 0.692. The normalized spacial score (nSPS) is 31.9. The Morgan fingerprint density at radius 3 is 3.00 bits per heavy atom. The van der Waals surface area contributed by atoms with Gasteiger partial charge in [-0.05, 0) is 26.2 Å². The number of carbonyl (C=O) groups is 2. The van der Waals surface area contributed by atoms with Gasteiger partial charge < -0.3 is 9.47 Å². The number of hydrogen-bond acceptors (Lipinski definition) is 4. The zero-order valence-corrected chi connectivity index (χ0v) is 10.2. The van der Waals surface area contributed by atoms with Crippen molar-refractivity contribution in [3.8, 4) is 0 Å². The third-order valence-electron chi connectivity index (χ3n) is 3.71. The molecule has 1 saturated carbocycles. The molecule has 2 atom stereocenters. The van der Waals surface area contributed by atoms with Crippen LogP contribution in [-0.4, -0.2) is 24.1 Å². The molecule has 1 heterocycles. The predicted molar refractivity (Wildman–Crippen MR) is 61.2 cm³/mol. The van der Waals surface area contributed by atoms with Crippen molar-refractivity contribution in [1.29, 1.82) is 0 Å². The van der Waals surface area contributed by atoms with Gasteiger partial charge in [0.25, 0.3) is 0 Å². The number of carbonyl (C=O) groups excluding carboxylic acids is 2. The lowest BCUT2D eigenvalue weighted by molar-refractivity contribution is -0.155. The van der Waals surface area contributed by atoms with Crippen LogP contribution in [-0.2, 0) is 19.1 Å². The quantitative estimate of drug-likeness (QED) is 0.557. The van der Waals surface area contributed by atoms with Gasteiger partial charge in [0.2, 0.25) is 0 Å². The Balaban J connectivity index is 2.05. The molecular weight excluding hydrogens is 220 g/mol. The van der Waals surface area contributed by atoms with Crippen LogP contribution >= 0.6 is 0 Å². The minimum atomic E-state index is -0.471. The number of esters is 2. The highest BCUT2D eigenvalue weighted by Gasteiger charge is 2.51. The van der Waals surface area contributed by atoms with E-state index in [4.69, 9.17) is 9.47 Å². The van der Waals surface area contributed by atoms with Crippen LogP contribution in [0.15, 0.2) is 12.2 Å². The van der Waals surface area contributed by atoms with E-state index in [0.717, 1.165) is 19.3 Å². The van der Waals surface area contributed by atoms with Gasteiger partial charge in [-0.25, -0.2) is 4.79 Å². The SMILES string of the molecule is C=C1CC2(CCCC2CC(=O)OCC)OC1=O. The zero-order valence-electron chi connectivity index (χ0n) is 10.2. The van der Waals surface area contributed by atoms with Gasteiger partial charge in [-0.15, -0.1) is 0 Å². The lowest BCUT2D eigenvalue weighted by Gasteiger charge is -2.28. The van der Waals surface area contributed by atoms with Crippen LogP contribution in [0, 0.1) is 5.92 Å². The Morgan fingerprint density at radius 1 is 1.65 bits per heavy atom. The Bertz CT molecular complexity index is 342. The van der Waals surface area contributed by atoms with Crippen LogP contribution in [0.2, 0.25) is 0 Å². The Labute approximate surface area is 101 Å². The molecule has 94 valence electrons. The fourth-order valence-electron chi connectivity index (χ4n) is 2.92. The van der Waals surface area contributed by atoms with Gasteiger partial charge in [-0.3, -0.25) is 4.79 Å². The minimum Gasteiger partial charge on any atom is -0.466 e. The van der Waals surface area contributed by atoms with Gasteiger partial charge in [0.05, 0.1) is 13.0 Å². The van der Waals surface area contributed by atoms with Crippen molar-refractivity contribution in [2.24, 2.45) is 5.92 Å². The number of hydrogen-bond donors (Lipinski definition) is 0. The van der Waals surface area contributed by atoms with E-state index in [9.17, 15) is 9.59 Å². The second-order valence-corrected chi connectivity index (χ2v) is 4.83. The summed E-state index contributed by atoms with van der Waals surface area (Å²) >= 11 is 0. The van der Waals surface area contributed by atoms with E-state index < -0.39 is 5.60 Å². The molecular formula is C13H18O4. The van der Waals surface area contributed by atoms with E-state index in [-0.39, 0.29) is 17.9 Å². The van der Waals surface area contributed by atoms with Crippen LogP contribution in [0.5, 0.6) is 0 Å². The summed E-state index contributed by atoms with van der Waals surface area (Å²) in [6, 6.07) is 0.